The molecule has 0 bridgehead atoms. The van der Waals surface area contributed by atoms with Gasteiger partial charge in [-0.15, -0.1) is 0 Å². The molecule has 0 radical (unpaired) electrons. The molecular formula is C18H28N6O8. The zero-order valence-electron chi connectivity index (χ0n) is 17.6. The van der Waals surface area contributed by atoms with Crippen molar-refractivity contribution in [1.29, 1.82) is 0 Å². The van der Waals surface area contributed by atoms with Gasteiger partial charge in [-0.25, -0.2) is 9.78 Å². The van der Waals surface area contributed by atoms with Crippen LogP contribution in [0.15, 0.2) is 12.5 Å². The van der Waals surface area contributed by atoms with Crippen LogP contribution < -0.4 is 21.7 Å². The van der Waals surface area contributed by atoms with E-state index in [1.165, 1.54) is 19.4 Å². The summed E-state index contributed by atoms with van der Waals surface area (Å²) in [4.78, 5) is 65.7. The zero-order chi connectivity index (χ0) is 24.4. The van der Waals surface area contributed by atoms with Gasteiger partial charge in [-0.3, -0.25) is 19.2 Å². The fraction of sp³-hybridized carbons (Fsp3) is 0.556. The van der Waals surface area contributed by atoms with Crippen LogP contribution in [0.4, 0.5) is 0 Å². The van der Waals surface area contributed by atoms with Gasteiger partial charge in [0.1, 0.15) is 12.1 Å². The third kappa shape index (κ3) is 8.69. The minimum Gasteiger partial charge on any atom is -0.481 e. The Hall–Kier alpha value is -3.52. The van der Waals surface area contributed by atoms with Crippen LogP contribution in [0.5, 0.6) is 0 Å². The maximum absolute atomic E-state index is 12.5. The van der Waals surface area contributed by atoms with Crippen molar-refractivity contribution in [3.8, 4) is 0 Å². The van der Waals surface area contributed by atoms with Crippen molar-refractivity contribution >= 4 is 29.7 Å². The molecule has 0 aliphatic rings. The summed E-state index contributed by atoms with van der Waals surface area (Å²) in [6, 6.07) is -5.21. The highest BCUT2D eigenvalue weighted by Crippen LogP contribution is 2.03. The van der Waals surface area contributed by atoms with Crippen molar-refractivity contribution < 1.29 is 39.3 Å². The van der Waals surface area contributed by atoms with Gasteiger partial charge in [0.15, 0.2) is 6.04 Å². The van der Waals surface area contributed by atoms with Crippen LogP contribution in [0.3, 0.4) is 0 Å². The molecule has 5 atom stereocenters. The number of rotatable bonds is 13. The van der Waals surface area contributed by atoms with Gasteiger partial charge >= 0.3 is 11.9 Å². The van der Waals surface area contributed by atoms with Gasteiger partial charge in [0.05, 0.1) is 18.5 Å². The third-order valence-electron chi connectivity index (χ3n) is 4.41. The smallest absolute Gasteiger partial charge is 0.328 e. The molecular weight excluding hydrogens is 428 g/mol. The summed E-state index contributed by atoms with van der Waals surface area (Å²) in [5.74, 6) is -5.21. The number of nitrogens with two attached hydrogens (primary N) is 1. The molecule has 1 heterocycles. The Bertz CT molecular complexity index is 812. The van der Waals surface area contributed by atoms with E-state index < -0.39 is 66.4 Å². The Morgan fingerprint density at radius 1 is 1.06 bits per heavy atom. The van der Waals surface area contributed by atoms with Crippen LogP contribution in [-0.2, 0) is 30.4 Å². The lowest BCUT2D eigenvalue weighted by Gasteiger charge is -2.24. The standard InChI is InChI=1S/C18H28N6O8/c1-8(22-16(29)11(19)5-10-6-20-7-21-10)15(28)23-12(3-4-13(26)27)17(30)24-14(9(2)25)18(31)32/h6-9,11-12,14,25H,3-5,19H2,1-2H3,(H,20,21)(H,22,29)(H,23,28)(H,24,30)(H,26,27)(H,31,32). The molecule has 14 nitrogen and oxygen atoms in total. The summed E-state index contributed by atoms with van der Waals surface area (Å²) in [7, 11) is 0. The van der Waals surface area contributed by atoms with Crippen molar-refractivity contribution in [3.05, 3.63) is 18.2 Å². The summed E-state index contributed by atoms with van der Waals surface area (Å²) in [6.07, 6.45) is 0.762. The average molecular weight is 456 g/mol. The lowest BCUT2D eigenvalue weighted by molar-refractivity contribution is -0.145. The molecule has 3 amide bonds. The molecule has 0 aliphatic heterocycles. The minimum absolute atomic E-state index is 0.139. The van der Waals surface area contributed by atoms with E-state index in [4.69, 9.17) is 15.9 Å². The second kappa shape index (κ2) is 12.4. The number of H-pyrrole nitrogens is 1. The van der Waals surface area contributed by atoms with E-state index in [0.29, 0.717) is 5.69 Å². The van der Waals surface area contributed by atoms with Gasteiger partial charge in [0.25, 0.3) is 0 Å². The average Bonchev–Trinajstić information content (AvgIpc) is 3.20. The van der Waals surface area contributed by atoms with Crippen molar-refractivity contribution in [2.75, 3.05) is 0 Å². The summed E-state index contributed by atoms with van der Waals surface area (Å²) in [6.45, 7) is 2.48. The SMILES string of the molecule is CC(NC(=O)C(N)Cc1cnc[nH]1)C(=O)NC(CCC(=O)O)C(=O)NC(C(=O)O)C(C)O. The fourth-order valence-electron chi connectivity index (χ4n) is 2.59. The molecule has 32 heavy (non-hydrogen) atoms. The number of nitrogens with one attached hydrogen (secondary N) is 4. The fourth-order valence-corrected chi connectivity index (χ4v) is 2.59. The first-order valence-electron chi connectivity index (χ1n) is 9.69. The van der Waals surface area contributed by atoms with Crippen LogP contribution in [0.25, 0.3) is 0 Å². The Kier molecular flexibility index (Phi) is 10.2. The lowest BCUT2D eigenvalue weighted by Crippen LogP contribution is -2.57. The highest BCUT2D eigenvalue weighted by Gasteiger charge is 2.31. The second-order valence-electron chi connectivity index (χ2n) is 7.18. The van der Waals surface area contributed by atoms with Gasteiger partial charge in [-0.1, -0.05) is 0 Å². The van der Waals surface area contributed by atoms with Gasteiger partial charge in [-0.05, 0) is 20.3 Å². The number of nitrogens with zero attached hydrogens (tertiary/aromatic N) is 1. The number of aliphatic carboxylic acids is 2. The number of carboxylic acids is 2. The van der Waals surface area contributed by atoms with E-state index in [1.807, 2.05) is 0 Å². The summed E-state index contributed by atoms with van der Waals surface area (Å²) in [5, 5.41) is 34.2. The Morgan fingerprint density at radius 3 is 2.22 bits per heavy atom. The molecule has 0 spiro atoms. The molecule has 0 saturated heterocycles. The topological polar surface area (TPSA) is 237 Å². The first-order chi connectivity index (χ1) is 14.9. The van der Waals surface area contributed by atoms with Crippen LogP contribution in [0, 0.1) is 0 Å². The maximum atomic E-state index is 12.5. The van der Waals surface area contributed by atoms with Gasteiger partial charge in [0, 0.05) is 24.7 Å². The molecule has 1 aromatic rings. The number of carbonyl (C=O) groups excluding carboxylic acids is 3. The first-order valence-corrected chi connectivity index (χ1v) is 9.69. The molecule has 0 saturated carbocycles. The van der Waals surface area contributed by atoms with E-state index in [1.54, 1.807) is 0 Å². The predicted molar refractivity (Wildman–Crippen MR) is 108 cm³/mol. The molecule has 1 rings (SSSR count). The third-order valence-corrected chi connectivity index (χ3v) is 4.41. The number of amides is 3. The van der Waals surface area contributed by atoms with E-state index in [2.05, 4.69) is 25.9 Å². The number of aliphatic hydroxyl groups excluding tert-OH is 1. The van der Waals surface area contributed by atoms with E-state index in [0.717, 1.165) is 6.92 Å². The number of aliphatic hydroxyl groups is 1. The number of carboxylic acid groups (broad SMARTS) is 2. The largest absolute Gasteiger partial charge is 0.481 e. The Balaban J connectivity index is 2.76. The monoisotopic (exact) mass is 456 g/mol. The molecule has 0 aliphatic carbocycles. The number of aromatic amines is 1. The molecule has 14 heteroatoms. The van der Waals surface area contributed by atoms with E-state index >= 15 is 0 Å². The number of carbonyl (C=O) groups is 5. The van der Waals surface area contributed by atoms with Crippen LogP contribution in [-0.4, -0.2) is 85.2 Å². The number of hydrogen-bond acceptors (Lipinski definition) is 8. The van der Waals surface area contributed by atoms with E-state index in [9.17, 15) is 29.1 Å². The van der Waals surface area contributed by atoms with Gasteiger partial charge < -0.3 is 42.0 Å². The highest BCUT2D eigenvalue weighted by atomic mass is 16.4. The maximum Gasteiger partial charge on any atom is 0.328 e. The second-order valence-corrected chi connectivity index (χ2v) is 7.18. The van der Waals surface area contributed by atoms with Crippen LogP contribution in [0.1, 0.15) is 32.4 Å². The number of imidazole rings is 1. The Morgan fingerprint density at radius 2 is 1.72 bits per heavy atom. The van der Waals surface area contributed by atoms with Crippen molar-refractivity contribution in [1.82, 2.24) is 25.9 Å². The summed E-state index contributed by atoms with van der Waals surface area (Å²) >= 11 is 0. The normalized spacial score (nSPS) is 15.5. The summed E-state index contributed by atoms with van der Waals surface area (Å²) in [5.41, 5.74) is 6.41. The quantitative estimate of drug-likeness (QED) is 0.150. The molecule has 0 aromatic carbocycles. The number of aromatic nitrogens is 2. The minimum atomic E-state index is -1.66. The molecule has 9 N–H and O–H groups in total. The molecule has 1 aromatic heterocycles. The predicted octanol–water partition coefficient (Wildman–Crippen LogP) is -2.92. The molecule has 178 valence electrons. The van der Waals surface area contributed by atoms with Gasteiger partial charge in [-0.2, -0.15) is 0 Å². The molecule has 5 unspecified atom stereocenters. The molecule has 0 fully saturated rings. The van der Waals surface area contributed by atoms with E-state index in [-0.39, 0.29) is 12.8 Å². The first kappa shape index (κ1) is 26.5. The lowest BCUT2D eigenvalue weighted by atomic mass is 10.1. The zero-order valence-corrected chi connectivity index (χ0v) is 17.6. The van der Waals surface area contributed by atoms with Gasteiger partial charge in [0.2, 0.25) is 17.7 Å². The van der Waals surface area contributed by atoms with Crippen LogP contribution >= 0.6 is 0 Å². The van der Waals surface area contributed by atoms with Crippen molar-refractivity contribution in [2.45, 2.75) is 63.4 Å². The Labute approximate surface area is 183 Å². The summed E-state index contributed by atoms with van der Waals surface area (Å²) < 4.78 is 0. The highest BCUT2D eigenvalue weighted by molar-refractivity contribution is 5.94. The van der Waals surface area contributed by atoms with Crippen molar-refractivity contribution in [2.24, 2.45) is 5.73 Å². The van der Waals surface area contributed by atoms with Crippen molar-refractivity contribution in [3.63, 3.8) is 0 Å². The van der Waals surface area contributed by atoms with Crippen LogP contribution in [0.2, 0.25) is 0 Å². The number of hydrogen-bond donors (Lipinski definition) is 8.